The van der Waals surface area contributed by atoms with E-state index in [9.17, 15) is 28.8 Å². The predicted octanol–water partition coefficient (Wildman–Crippen LogP) is 5.17. The van der Waals surface area contributed by atoms with Crippen molar-refractivity contribution < 1.29 is 28.8 Å². The fraction of sp³-hybridized carbons (Fsp3) is 0.444. The van der Waals surface area contributed by atoms with E-state index in [4.69, 9.17) is 0 Å². The Bertz CT molecular complexity index is 2180. The standard InChI is InChI=1S/C54H70N8O6/c1-35(39-21-11-9-12-22-39)57-51(65)47-31-41-25-17-19-27-43(41)33-61(47)53(67)45(59-49(63)37(3)55-5)29-15-7-8-16-30-46(60-50(64)38(4)56-6)54(68)62-34-44-28-20-18-26-42(44)32-48(62)52(66)58-36(2)40-23-13-10-14-24-40/h9-14,17-28,35-38,45-48,55-56H,7-8,15-16,29-34H2,1-6H3,(H,57,65)(H,58,66)(H,59,63)(H,60,64)/t35-,36-,37+,38+,45+,46+,47+,48+/m1/s1. The normalized spacial score (nSPS) is 18.0. The van der Waals surface area contributed by atoms with Crippen molar-refractivity contribution in [2.75, 3.05) is 14.1 Å². The molecule has 4 aromatic rings. The molecule has 6 amide bonds. The average molecular weight is 927 g/mol. The first kappa shape index (κ1) is 51.0. The highest BCUT2D eigenvalue weighted by Gasteiger charge is 2.40. The molecule has 0 saturated carbocycles. The van der Waals surface area contributed by atoms with Crippen LogP contribution < -0.4 is 31.9 Å². The lowest BCUT2D eigenvalue weighted by Crippen LogP contribution is -2.59. The third-order valence-corrected chi connectivity index (χ3v) is 13.6. The van der Waals surface area contributed by atoms with Crippen LogP contribution in [0.2, 0.25) is 0 Å². The van der Waals surface area contributed by atoms with Gasteiger partial charge in [-0.25, -0.2) is 0 Å². The molecule has 6 rings (SSSR count). The van der Waals surface area contributed by atoms with Crippen LogP contribution in [-0.2, 0) is 54.7 Å². The molecule has 8 atom stereocenters. The molecule has 14 heteroatoms. The van der Waals surface area contributed by atoms with Crippen LogP contribution in [0, 0.1) is 0 Å². The van der Waals surface area contributed by atoms with Crippen LogP contribution in [0.15, 0.2) is 109 Å². The summed E-state index contributed by atoms with van der Waals surface area (Å²) in [5.74, 6) is -1.82. The van der Waals surface area contributed by atoms with Gasteiger partial charge in [0, 0.05) is 25.9 Å². The van der Waals surface area contributed by atoms with Gasteiger partial charge in [-0.2, -0.15) is 0 Å². The summed E-state index contributed by atoms with van der Waals surface area (Å²) in [6.45, 7) is 7.75. The van der Waals surface area contributed by atoms with Gasteiger partial charge in [0.05, 0.1) is 24.2 Å². The zero-order chi connectivity index (χ0) is 48.7. The van der Waals surface area contributed by atoms with Gasteiger partial charge >= 0.3 is 0 Å². The number of benzene rings is 4. The Morgan fingerprint density at radius 2 is 0.809 bits per heavy atom. The second kappa shape index (κ2) is 24.6. The van der Waals surface area contributed by atoms with Gasteiger partial charge in [0.2, 0.25) is 35.4 Å². The van der Waals surface area contributed by atoms with Crippen LogP contribution >= 0.6 is 0 Å². The third kappa shape index (κ3) is 13.2. The molecule has 68 heavy (non-hydrogen) atoms. The molecule has 0 aliphatic carbocycles. The molecule has 0 spiro atoms. The number of nitrogens with one attached hydrogen (secondary N) is 6. The van der Waals surface area contributed by atoms with Gasteiger partial charge in [0.25, 0.3) is 0 Å². The van der Waals surface area contributed by atoms with Crippen molar-refractivity contribution in [1.29, 1.82) is 0 Å². The van der Waals surface area contributed by atoms with E-state index >= 15 is 0 Å². The Morgan fingerprint density at radius 3 is 1.16 bits per heavy atom. The first-order valence-electron chi connectivity index (χ1n) is 24.2. The highest BCUT2D eigenvalue weighted by atomic mass is 16.2. The van der Waals surface area contributed by atoms with Gasteiger partial charge in [-0.15, -0.1) is 0 Å². The van der Waals surface area contributed by atoms with Gasteiger partial charge < -0.3 is 41.7 Å². The number of fused-ring (bicyclic) bond motifs is 2. The number of nitrogens with zero attached hydrogens (tertiary/aromatic N) is 2. The molecule has 0 unspecified atom stereocenters. The van der Waals surface area contributed by atoms with Crippen molar-refractivity contribution in [1.82, 2.24) is 41.7 Å². The molecule has 2 aliphatic rings. The predicted molar refractivity (Wildman–Crippen MR) is 264 cm³/mol. The van der Waals surface area contributed by atoms with Crippen LogP contribution in [0.25, 0.3) is 0 Å². The van der Waals surface area contributed by atoms with Crippen molar-refractivity contribution in [2.24, 2.45) is 0 Å². The lowest BCUT2D eigenvalue weighted by atomic mass is 9.91. The summed E-state index contributed by atoms with van der Waals surface area (Å²) in [7, 11) is 3.37. The third-order valence-electron chi connectivity index (χ3n) is 13.6. The van der Waals surface area contributed by atoms with E-state index in [2.05, 4.69) is 31.9 Å². The van der Waals surface area contributed by atoms with Crippen molar-refractivity contribution in [2.45, 2.75) is 140 Å². The van der Waals surface area contributed by atoms with Gasteiger partial charge in [0.1, 0.15) is 24.2 Å². The Hall–Kier alpha value is -6.38. The molecule has 0 saturated heterocycles. The smallest absolute Gasteiger partial charge is 0.246 e. The molecule has 14 nitrogen and oxygen atoms in total. The zero-order valence-electron chi connectivity index (χ0n) is 40.4. The van der Waals surface area contributed by atoms with Crippen molar-refractivity contribution >= 4 is 35.4 Å². The Labute approximate surface area is 401 Å². The molecule has 2 aliphatic heterocycles. The van der Waals surface area contributed by atoms with Gasteiger partial charge in [0.15, 0.2) is 0 Å². The Kier molecular flexibility index (Phi) is 18.4. The monoisotopic (exact) mass is 927 g/mol. The topological polar surface area (TPSA) is 181 Å². The van der Waals surface area contributed by atoms with Gasteiger partial charge in [-0.05, 0) is 88.0 Å². The van der Waals surface area contributed by atoms with Gasteiger partial charge in [-0.3, -0.25) is 28.8 Å². The number of hydrogen-bond acceptors (Lipinski definition) is 8. The van der Waals surface area contributed by atoms with Crippen molar-refractivity contribution in [3.8, 4) is 0 Å². The van der Waals surface area contributed by atoms with Crippen LogP contribution in [0.3, 0.4) is 0 Å². The molecule has 4 aromatic carbocycles. The summed E-state index contributed by atoms with van der Waals surface area (Å²) >= 11 is 0. The van der Waals surface area contributed by atoms with E-state index in [1.165, 1.54) is 0 Å². The molecule has 0 fully saturated rings. The van der Waals surface area contributed by atoms with E-state index in [0.29, 0.717) is 51.4 Å². The number of carbonyl (C=O) groups is 6. The molecule has 0 aromatic heterocycles. The quantitative estimate of drug-likeness (QED) is 0.0620. The van der Waals surface area contributed by atoms with E-state index in [0.717, 1.165) is 33.4 Å². The molecular formula is C54H70N8O6. The maximum absolute atomic E-state index is 14.7. The minimum atomic E-state index is -0.892. The molecule has 362 valence electrons. The van der Waals surface area contributed by atoms with E-state index in [1.54, 1.807) is 37.7 Å². The summed E-state index contributed by atoms with van der Waals surface area (Å²) < 4.78 is 0. The molecule has 0 bridgehead atoms. The maximum Gasteiger partial charge on any atom is 0.246 e. The molecule has 6 N–H and O–H groups in total. The second-order valence-electron chi connectivity index (χ2n) is 18.3. The lowest BCUT2D eigenvalue weighted by molar-refractivity contribution is -0.145. The largest absolute Gasteiger partial charge is 0.348 e. The maximum atomic E-state index is 14.7. The SMILES string of the molecule is CN[C@@H](C)C(=O)N[C@@H](CCCCCC[C@H](NC(=O)[C@H](C)NC)C(=O)N1Cc2ccccc2C[C@H]1C(=O)N[C@H](C)c1ccccc1)C(=O)N1Cc2ccccc2C[C@H]1C(=O)N[C@H](C)c1ccccc1. The number of hydrogen-bond donors (Lipinski definition) is 6. The number of unbranched alkanes of at least 4 members (excludes halogenated alkanes) is 3. The van der Waals surface area contributed by atoms with Crippen LogP contribution in [-0.4, -0.2) is 95.6 Å². The fourth-order valence-electron chi connectivity index (χ4n) is 9.07. The molecule has 0 radical (unpaired) electrons. The zero-order valence-corrected chi connectivity index (χ0v) is 40.4. The highest BCUT2D eigenvalue weighted by molar-refractivity contribution is 5.95. The highest BCUT2D eigenvalue weighted by Crippen LogP contribution is 2.28. The van der Waals surface area contributed by atoms with Crippen LogP contribution in [0.1, 0.15) is 112 Å². The lowest BCUT2D eigenvalue weighted by Gasteiger charge is -2.39. The minimum Gasteiger partial charge on any atom is -0.348 e. The summed E-state index contributed by atoms with van der Waals surface area (Å²) in [6.07, 6.45) is 3.83. The second-order valence-corrected chi connectivity index (χ2v) is 18.3. The van der Waals surface area contributed by atoms with E-state index < -0.39 is 36.3 Å². The minimum absolute atomic E-state index is 0.227. The Balaban J connectivity index is 1.14. The van der Waals surface area contributed by atoms with Gasteiger partial charge in [-0.1, -0.05) is 135 Å². The number of likely N-dealkylation sites (N-methyl/N-ethyl adjacent to an activating group) is 2. The average Bonchev–Trinajstić information content (AvgIpc) is 3.37. The number of rotatable bonds is 21. The fourth-order valence-corrected chi connectivity index (χ4v) is 9.07. The summed E-state index contributed by atoms with van der Waals surface area (Å²) in [5, 5.41) is 18.2. The summed E-state index contributed by atoms with van der Waals surface area (Å²) in [5.41, 5.74) is 5.82. The first-order chi connectivity index (χ1) is 32.8. The first-order valence-corrected chi connectivity index (χ1v) is 24.2. The van der Waals surface area contributed by atoms with Crippen LogP contribution in [0.4, 0.5) is 0 Å². The molecular weight excluding hydrogens is 857 g/mol. The summed E-state index contributed by atoms with van der Waals surface area (Å²) in [6, 6.07) is 30.0. The van der Waals surface area contributed by atoms with Crippen molar-refractivity contribution in [3.63, 3.8) is 0 Å². The number of carbonyl (C=O) groups excluding carboxylic acids is 6. The van der Waals surface area contributed by atoms with Crippen molar-refractivity contribution in [3.05, 3.63) is 143 Å². The van der Waals surface area contributed by atoms with Crippen LogP contribution in [0.5, 0.6) is 0 Å². The number of amides is 6. The van der Waals surface area contributed by atoms with E-state index in [-0.39, 0.29) is 60.6 Å². The Morgan fingerprint density at radius 1 is 0.471 bits per heavy atom. The van der Waals surface area contributed by atoms with E-state index in [1.807, 2.05) is 123 Å². The molecule has 2 heterocycles. The summed E-state index contributed by atoms with van der Waals surface area (Å²) in [4.78, 5) is 87.6.